The van der Waals surface area contributed by atoms with Gasteiger partial charge >= 0.3 is 5.97 Å². The molecule has 0 radical (unpaired) electrons. The van der Waals surface area contributed by atoms with Gasteiger partial charge in [-0.15, -0.1) is 0 Å². The van der Waals surface area contributed by atoms with E-state index < -0.39 is 0 Å². The smallest absolute Gasteiger partial charge is 0.310 e. The van der Waals surface area contributed by atoms with Crippen LogP contribution in [0.2, 0.25) is 0 Å². The maximum Gasteiger partial charge on any atom is 0.310 e. The highest BCUT2D eigenvalue weighted by atomic mass is 79.9. The van der Waals surface area contributed by atoms with Gasteiger partial charge in [-0.1, -0.05) is 0 Å². The summed E-state index contributed by atoms with van der Waals surface area (Å²) < 4.78 is 5.51. The SMILES string of the molecule is CCOC(=O)Cc1cc(C#N)ncc1Br. The van der Waals surface area contributed by atoms with Gasteiger partial charge in [-0.3, -0.25) is 4.79 Å². The maximum atomic E-state index is 11.2. The Labute approximate surface area is 96.0 Å². The summed E-state index contributed by atoms with van der Waals surface area (Å²) >= 11 is 3.26. The molecule has 5 heteroatoms. The number of nitrogens with zero attached hydrogens (tertiary/aromatic N) is 2. The van der Waals surface area contributed by atoms with Gasteiger partial charge in [0.2, 0.25) is 0 Å². The van der Waals surface area contributed by atoms with Crippen molar-refractivity contribution in [1.82, 2.24) is 4.98 Å². The number of esters is 1. The summed E-state index contributed by atoms with van der Waals surface area (Å²) in [5, 5.41) is 8.65. The van der Waals surface area contributed by atoms with Crippen molar-refractivity contribution in [2.24, 2.45) is 0 Å². The Bertz CT molecular complexity index is 412. The van der Waals surface area contributed by atoms with Crippen LogP contribution in [0.3, 0.4) is 0 Å². The molecule has 0 aliphatic heterocycles. The lowest BCUT2D eigenvalue weighted by molar-refractivity contribution is -0.142. The van der Waals surface area contributed by atoms with Crippen LogP contribution >= 0.6 is 15.9 Å². The number of aromatic nitrogens is 1. The van der Waals surface area contributed by atoms with Crippen LogP contribution < -0.4 is 0 Å². The van der Waals surface area contributed by atoms with Crippen molar-refractivity contribution in [2.45, 2.75) is 13.3 Å². The Hall–Kier alpha value is -1.41. The van der Waals surface area contributed by atoms with Crippen molar-refractivity contribution in [3.63, 3.8) is 0 Å². The fourth-order valence-electron chi connectivity index (χ4n) is 1.04. The van der Waals surface area contributed by atoms with E-state index in [9.17, 15) is 4.79 Å². The van der Waals surface area contributed by atoms with Crippen LogP contribution in [-0.2, 0) is 16.0 Å². The molecule has 0 saturated heterocycles. The maximum absolute atomic E-state index is 11.2. The first-order valence-electron chi connectivity index (χ1n) is 4.37. The minimum Gasteiger partial charge on any atom is -0.466 e. The second kappa shape index (κ2) is 5.47. The Balaban J connectivity index is 2.85. The molecule has 0 atom stereocenters. The van der Waals surface area contributed by atoms with Crippen molar-refractivity contribution >= 4 is 21.9 Å². The third-order valence-electron chi connectivity index (χ3n) is 1.69. The number of ether oxygens (including phenoxy) is 1. The first-order chi connectivity index (χ1) is 7.17. The molecule has 0 aliphatic carbocycles. The first-order valence-corrected chi connectivity index (χ1v) is 5.16. The number of carbonyl (C=O) groups excluding carboxylic acids is 1. The first kappa shape index (κ1) is 11.7. The van der Waals surface area contributed by atoms with E-state index in [-0.39, 0.29) is 18.1 Å². The Morgan fingerprint density at radius 3 is 3.07 bits per heavy atom. The summed E-state index contributed by atoms with van der Waals surface area (Å²) in [6.07, 6.45) is 1.65. The molecule has 15 heavy (non-hydrogen) atoms. The van der Waals surface area contributed by atoms with E-state index >= 15 is 0 Å². The highest BCUT2D eigenvalue weighted by Gasteiger charge is 2.08. The van der Waals surface area contributed by atoms with Crippen LogP contribution in [0.5, 0.6) is 0 Å². The molecule has 0 amide bonds. The minimum absolute atomic E-state index is 0.144. The lowest BCUT2D eigenvalue weighted by Crippen LogP contribution is -2.08. The monoisotopic (exact) mass is 268 g/mol. The molecule has 1 heterocycles. The van der Waals surface area contributed by atoms with Gasteiger partial charge in [0, 0.05) is 10.7 Å². The zero-order valence-corrected chi connectivity index (χ0v) is 9.74. The average Bonchev–Trinajstić information content (AvgIpc) is 2.21. The second-order valence-corrected chi connectivity index (χ2v) is 3.61. The van der Waals surface area contributed by atoms with Crippen LogP contribution in [0, 0.1) is 11.3 Å². The zero-order valence-electron chi connectivity index (χ0n) is 8.16. The lowest BCUT2D eigenvalue weighted by atomic mass is 10.2. The summed E-state index contributed by atoms with van der Waals surface area (Å²) in [6.45, 7) is 2.10. The third kappa shape index (κ3) is 3.33. The quantitative estimate of drug-likeness (QED) is 0.785. The van der Waals surface area contributed by atoms with Crippen LogP contribution in [0.25, 0.3) is 0 Å². The largest absolute Gasteiger partial charge is 0.466 e. The Morgan fingerprint density at radius 1 is 1.73 bits per heavy atom. The summed E-state index contributed by atoms with van der Waals surface area (Å²) in [6, 6.07) is 3.49. The number of pyridine rings is 1. The van der Waals surface area contributed by atoms with E-state index in [4.69, 9.17) is 10.00 Å². The van der Waals surface area contributed by atoms with Crippen molar-refractivity contribution in [3.05, 3.63) is 28.0 Å². The summed E-state index contributed by atoms with van der Waals surface area (Å²) in [5.41, 5.74) is 0.998. The van der Waals surface area contributed by atoms with Crippen molar-refractivity contribution in [1.29, 1.82) is 5.26 Å². The highest BCUT2D eigenvalue weighted by Crippen LogP contribution is 2.17. The van der Waals surface area contributed by atoms with Gasteiger partial charge in [0.1, 0.15) is 11.8 Å². The van der Waals surface area contributed by atoms with Gasteiger partial charge in [-0.25, -0.2) is 4.98 Å². The van der Waals surface area contributed by atoms with Crippen LogP contribution in [0.1, 0.15) is 18.2 Å². The fraction of sp³-hybridized carbons (Fsp3) is 0.300. The molecular formula is C10H9BrN2O2. The Kier molecular flexibility index (Phi) is 4.25. The van der Waals surface area contributed by atoms with E-state index in [1.807, 2.05) is 6.07 Å². The Morgan fingerprint density at radius 2 is 2.47 bits per heavy atom. The van der Waals surface area contributed by atoms with Gasteiger partial charge in [0.05, 0.1) is 13.0 Å². The summed E-state index contributed by atoms with van der Waals surface area (Å²) in [7, 11) is 0. The predicted molar refractivity (Wildman–Crippen MR) is 57.0 cm³/mol. The van der Waals surface area contributed by atoms with E-state index in [0.717, 1.165) is 0 Å². The molecule has 0 aromatic carbocycles. The van der Waals surface area contributed by atoms with E-state index in [1.165, 1.54) is 6.20 Å². The molecule has 1 rings (SSSR count). The molecule has 1 aromatic rings. The number of halogens is 1. The van der Waals surface area contributed by atoms with Crippen LogP contribution in [0.4, 0.5) is 0 Å². The molecule has 0 unspecified atom stereocenters. The molecule has 4 nitrogen and oxygen atoms in total. The van der Waals surface area contributed by atoms with E-state index in [1.54, 1.807) is 13.0 Å². The molecule has 0 bridgehead atoms. The van der Waals surface area contributed by atoms with Crippen LogP contribution in [0.15, 0.2) is 16.7 Å². The number of nitriles is 1. The molecule has 0 aliphatic rings. The fourth-order valence-corrected chi connectivity index (χ4v) is 1.40. The predicted octanol–water partition coefficient (Wildman–Crippen LogP) is 1.82. The van der Waals surface area contributed by atoms with E-state index in [0.29, 0.717) is 16.6 Å². The summed E-state index contributed by atoms with van der Waals surface area (Å²) in [5.74, 6) is -0.312. The summed E-state index contributed by atoms with van der Waals surface area (Å²) in [4.78, 5) is 15.1. The van der Waals surface area contributed by atoms with Crippen molar-refractivity contribution in [2.75, 3.05) is 6.61 Å². The van der Waals surface area contributed by atoms with Crippen molar-refractivity contribution < 1.29 is 9.53 Å². The molecule has 1 aromatic heterocycles. The average molecular weight is 269 g/mol. The third-order valence-corrected chi connectivity index (χ3v) is 2.40. The van der Waals surface area contributed by atoms with Crippen molar-refractivity contribution in [3.8, 4) is 6.07 Å². The minimum atomic E-state index is -0.312. The molecule has 0 fully saturated rings. The molecule has 0 saturated carbocycles. The zero-order chi connectivity index (χ0) is 11.3. The van der Waals surface area contributed by atoms with E-state index in [2.05, 4.69) is 20.9 Å². The second-order valence-electron chi connectivity index (χ2n) is 2.75. The molecule has 0 spiro atoms. The number of hydrogen-bond donors (Lipinski definition) is 0. The molecular weight excluding hydrogens is 260 g/mol. The van der Waals surface area contributed by atoms with Gasteiger partial charge in [-0.05, 0) is 34.5 Å². The van der Waals surface area contributed by atoms with Gasteiger partial charge in [0.25, 0.3) is 0 Å². The number of hydrogen-bond acceptors (Lipinski definition) is 4. The highest BCUT2D eigenvalue weighted by molar-refractivity contribution is 9.10. The van der Waals surface area contributed by atoms with Gasteiger partial charge in [0.15, 0.2) is 0 Å². The van der Waals surface area contributed by atoms with Crippen LogP contribution in [-0.4, -0.2) is 17.6 Å². The number of carbonyl (C=O) groups is 1. The van der Waals surface area contributed by atoms with Gasteiger partial charge in [-0.2, -0.15) is 5.26 Å². The normalized spacial score (nSPS) is 9.40. The topological polar surface area (TPSA) is 63.0 Å². The van der Waals surface area contributed by atoms with Gasteiger partial charge < -0.3 is 4.74 Å². The standard InChI is InChI=1S/C10H9BrN2O2/c1-2-15-10(14)4-7-3-8(5-12)13-6-9(7)11/h3,6H,2,4H2,1H3. The molecule has 0 N–H and O–H groups in total. The lowest BCUT2D eigenvalue weighted by Gasteiger charge is -2.04. The molecule has 78 valence electrons. The number of rotatable bonds is 3.